The van der Waals surface area contributed by atoms with Gasteiger partial charge in [0.15, 0.2) is 0 Å². The first-order valence-corrected chi connectivity index (χ1v) is 6.48. The van der Waals surface area contributed by atoms with E-state index in [0.29, 0.717) is 19.4 Å². The van der Waals surface area contributed by atoms with E-state index in [9.17, 15) is 14.0 Å². The van der Waals surface area contributed by atoms with E-state index in [-0.39, 0.29) is 18.0 Å². The Morgan fingerprint density at radius 1 is 1.30 bits per heavy atom. The molecule has 110 valence electrons. The summed E-state index contributed by atoms with van der Waals surface area (Å²) < 4.78 is 13.3. The Kier molecular flexibility index (Phi) is 6.66. The third-order valence-corrected chi connectivity index (χ3v) is 2.65. The molecule has 0 aliphatic heterocycles. The van der Waals surface area contributed by atoms with Crippen molar-refractivity contribution in [3.63, 3.8) is 0 Å². The third-order valence-electron chi connectivity index (χ3n) is 2.65. The fourth-order valence-electron chi connectivity index (χ4n) is 1.59. The smallest absolute Gasteiger partial charge is 0.254 e. The molecular formula is C14H19FN2O3. The van der Waals surface area contributed by atoms with Gasteiger partial charge in [-0.3, -0.25) is 9.59 Å². The molecule has 0 heterocycles. The molecule has 0 bridgehead atoms. The second-order valence-electron chi connectivity index (χ2n) is 4.50. The summed E-state index contributed by atoms with van der Waals surface area (Å²) in [6.45, 7) is 1.90. The number of halogens is 1. The second-order valence-corrected chi connectivity index (χ2v) is 4.50. The van der Waals surface area contributed by atoms with Crippen LogP contribution in [0.3, 0.4) is 0 Å². The number of carbonyl (C=O) groups is 2. The van der Waals surface area contributed by atoms with Crippen LogP contribution in [0.15, 0.2) is 24.3 Å². The molecule has 0 aliphatic carbocycles. The molecule has 6 heteroatoms. The van der Waals surface area contributed by atoms with Crippen molar-refractivity contribution in [3.8, 4) is 0 Å². The molecule has 0 aromatic heterocycles. The summed E-state index contributed by atoms with van der Waals surface area (Å²) in [5.41, 5.74) is -0.0885. The quantitative estimate of drug-likeness (QED) is 0.648. The summed E-state index contributed by atoms with van der Waals surface area (Å²) in [4.78, 5) is 23.1. The fraction of sp³-hybridized carbons (Fsp3) is 0.429. The van der Waals surface area contributed by atoms with Crippen LogP contribution in [0.25, 0.3) is 0 Å². The molecule has 0 saturated heterocycles. The van der Waals surface area contributed by atoms with E-state index in [1.54, 1.807) is 13.0 Å². The number of aliphatic hydroxyl groups is 1. The lowest BCUT2D eigenvalue weighted by Crippen LogP contribution is -2.37. The first-order valence-electron chi connectivity index (χ1n) is 6.48. The van der Waals surface area contributed by atoms with Crippen LogP contribution in [-0.4, -0.2) is 36.1 Å². The maximum Gasteiger partial charge on any atom is 0.254 e. The van der Waals surface area contributed by atoms with Crippen LogP contribution in [0.2, 0.25) is 0 Å². The van der Waals surface area contributed by atoms with Crippen molar-refractivity contribution < 1.29 is 19.1 Å². The van der Waals surface area contributed by atoms with E-state index in [1.165, 1.54) is 18.2 Å². The molecule has 0 fully saturated rings. The molecule has 0 spiro atoms. The van der Waals surface area contributed by atoms with E-state index < -0.39 is 17.8 Å². The highest BCUT2D eigenvalue weighted by Crippen LogP contribution is 2.05. The summed E-state index contributed by atoms with van der Waals surface area (Å²) in [6.07, 6.45) is 0.861. The zero-order valence-electron chi connectivity index (χ0n) is 11.4. The van der Waals surface area contributed by atoms with Crippen molar-refractivity contribution in [2.24, 2.45) is 0 Å². The van der Waals surface area contributed by atoms with Gasteiger partial charge in [-0.1, -0.05) is 12.1 Å². The van der Waals surface area contributed by atoms with Crippen LogP contribution >= 0.6 is 0 Å². The molecule has 1 rings (SSSR count). The van der Waals surface area contributed by atoms with Gasteiger partial charge in [0, 0.05) is 6.54 Å². The molecule has 0 aliphatic rings. The zero-order valence-corrected chi connectivity index (χ0v) is 11.4. The average molecular weight is 282 g/mol. The minimum atomic E-state index is -0.623. The van der Waals surface area contributed by atoms with Gasteiger partial charge < -0.3 is 15.7 Å². The van der Waals surface area contributed by atoms with Crippen LogP contribution in [0, 0.1) is 5.82 Å². The van der Waals surface area contributed by atoms with Gasteiger partial charge in [-0.2, -0.15) is 0 Å². The second kappa shape index (κ2) is 8.27. The molecule has 5 nitrogen and oxygen atoms in total. The fourth-order valence-corrected chi connectivity index (χ4v) is 1.59. The van der Waals surface area contributed by atoms with E-state index in [1.807, 2.05) is 0 Å². The standard InChI is InChI=1S/C14H19FN2O3/c1-10(18)5-4-8-16-13(19)9-17-14(20)11-6-2-3-7-12(11)15/h2-3,6-7,10,18H,4-5,8-9H2,1H3,(H,16,19)(H,17,20). The van der Waals surface area contributed by atoms with Crippen LogP contribution in [0.5, 0.6) is 0 Å². The van der Waals surface area contributed by atoms with Crippen LogP contribution in [0.1, 0.15) is 30.1 Å². The maximum atomic E-state index is 13.3. The summed E-state index contributed by atoms with van der Waals surface area (Å²) in [6, 6.07) is 5.57. The molecule has 1 aromatic rings. The van der Waals surface area contributed by atoms with Gasteiger partial charge in [-0.05, 0) is 31.9 Å². The molecular weight excluding hydrogens is 263 g/mol. The Labute approximate surface area is 117 Å². The first-order chi connectivity index (χ1) is 9.50. The number of hydrogen-bond acceptors (Lipinski definition) is 3. The Bertz CT molecular complexity index is 463. The maximum absolute atomic E-state index is 13.3. The van der Waals surface area contributed by atoms with E-state index in [0.717, 1.165) is 0 Å². The lowest BCUT2D eigenvalue weighted by atomic mass is 10.2. The van der Waals surface area contributed by atoms with Gasteiger partial charge in [0.2, 0.25) is 5.91 Å². The van der Waals surface area contributed by atoms with Gasteiger partial charge in [0.25, 0.3) is 5.91 Å². The number of benzene rings is 1. The molecule has 2 amide bonds. The topological polar surface area (TPSA) is 78.4 Å². The number of amides is 2. The summed E-state index contributed by atoms with van der Waals surface area (Å²) in [5, 5.41) is 14.0. The minimum absolute atomic E-state index is 0.0885. The minimum Gasteiger partial charge on any atom is -0.393 e. The van der Waals surface area contributed by atoms with E-state index in [4.69, 9.17) is 5.11 Å². The molecule has 0 saturated carbocycles. The SMILES string of the molecule is CC(O)CCCNC(=O)CNC(=O)c1ccccc1F. The molecule has 1 aromatic carbocycles. The van der Waals surface area contributed by atoms with Gasteiger partial charge in [0.05, 0.1) is 18.2 Å². The van der Waals surface area contributed by atoms with Crippen LogP contribution in [0.4, 0.5) is 4.39 Å². The van der Waals surface area contributed by atoms with Gasteiger partial charge in [-0.25, -0.2) is 4.39 Å². The zero-order chi connectivity index (χ0) is 15.0. The van der Waals surface area contributed by atoms with Crippen LogP contribution in [-0.2, 0) is 4.79 Å². The van der Waals surface area contributed by atoms with Gasteiger partial charge >= 0.3 is 0 Å². The van der Waals surface area contributed by atoms with Gasteiger partial charge in [0.1, 0.15) is 5.82 Å². The third kappa shape index (κ3) is 5.79. The predicted molar refractivity (Wildman–Crippen MR) is 72.7 cm³/mol. The Hall–Kier alpha value is -1.95. The lowest BCUT2D eigenvalue weighted by Gasteiger charge is -2.08. The number of hydrogen-bond donors (Lipinski definition) is 3. The first kappa shape index (κ1) is 16.1. The highest BCUT2D eigenvalue weighted by atomic mass is 19.1. The normalized spacial score (nSPS) is 11.8. The van der Waals surface area contributed by atoms with Crippen molar-refractivity contribution in [3.05, 3.63) is 35.6 Å². The van der Waals surface area contributed by atoms with Crippen LogP contribution < -0.4 is 10.6 Å². The molecule has 0 radical (unpaired) electrons. The van der Waals surface area contributed by atoms with Crippen molar-refractivity contribution in [2.75, 3.05) is 13.1 Å². The Morgan fingerprint density at radius 2 is 2.00 bits per heavy atom. The lowest BCUT2D eigenvalue weighted by molar-refractivity contribution is -0.120. The summed E-state index contributed by atoms with van der Waals surface area (Å²) >= 11 is 0. The average Bonchev–Trinajstić information content (AvgIpc) is 2.41. The van der Waals surface area contributed by atoms with Crippen molar-refractivity contribution in [1.29, 1.82) is 0 Å². The number of carbonyl (C=O) groups excluding carboxylic acids is 2. The van der Waals surface area contributed by atoms with E-state index in [2.05, 4.69) is 10.6 Å². The Balaban J connectivity index is 2.27. The van der Waals surface area contributed by atoms with Crippen molar-refractivity contribution in [1.82, 2.24) is 10.6 Å². The monoisotopic (exact) mass is 282 g/mol. The largest absolute Gasteiger partial charge is 0.393 e. The molecule has 1 atom stereocenters. The van der Waals surface area contributed by atoms with Gasteiger partial charge in [-0.15, -0.1) is 0 Å². The van der Waals surface area contributed by atoms with Crippen molar-refractivity contribution >= 4 is 11.8 Å². The molecule has 1 unspecified atom stereocenters. The summed E-state index contributed by atoms with van der Waals surface area (Å²) in [7, 11) is 0. The highest BCUT2D eigenvalue weighted by Gasteiger charge is 2.11. The van der Waals surface area contributed by atoms with Crippen molar-refractivity contribution in [2.45, 2.75) is 25.9 Å². The predicted octanol–water partition coefficient (Wildman–Crippen LogP) is 0.833. The number of rotatable bonds is 7. The van der Waals surface area contributed by atoms with E-state index >= 15 is 0 Å². The molecule has 3 N–H and O–H groups in total. The number of nitrogens with one attached hydrogen (secondary N) is 2. The number of aliphatic hydroxyl groups excluding tert-OH is 1. The molecule has 20 heavy (non-hydrogen) atoms. The summed E-state index contributed by atoms with van der Waals surface area (Å²) in [5.74, 6) is -1.59. The highest BCUT2D eigenvalue weighted by molar-refractivity contribution is 5.96. The Morgan fingerprint density at radius 3 is 2.65 bits per heavy atom.